The van der Waals surface area contributed by atoms with E-state index in [1.807, 2.05) is 6.92 Å². The number of rotatable bonds is 6. The fraction of sp³-hybridized carbons (Fsp3) is 0.700. The molecule has 1 rings (SSSR count). The number of ether oxygens (including phenoxy) is 1. The van der Waals surface area contributed by atoms with Gasteiger partial charge >= 0.3 is 17.8 Å². The van der Waals surface area contributed by atoms with Crippen LogP contribution in [0, 0.1) is 0 Å². The van der Waals surface area contributed by atoms with Crippen LogP contribution in [0.15, 0.2) is 0 Å². The Bertz CT molecular complexity index is 332. The average Bonchev–Trinajstić information content (AvgIpc) is 2.51. The second kappa shape index (κ2) is 5.74. The van der Waals surface area contributed by atoms with Crippen LogP contribution >= 0.6 is 0 Å². The van der Waals surface area contributed by atoms with E-state index in [0.29, 0.717) is 19.6 Å². The largest absolute Gasteiger partial charge is 0.377 e. The van der Waals surface area contributed by atoms with Gasteiger partial charge in [0.15, 0.2) is 0 Å². The van der Waals surface area contributed by atoms with Gasteiger partial charge in [-0.25, -0.2) is 4.79 Å². The molecule has 96 valence electrons. The summed E-state index contributed by atoms with van der Waals surface area (Å²) in [7, 11) is 1.28. The fourth-order valence-corrected chi connectivity index (χ4v) is 1.59. The highest BCUT2D eigenvalue weighted by atomic mass is 16.5. The molecule has 7 heteroatoms. The Labute approximate surface area is 99.5 Å². The minimum Gasteiger partial charge on any atom is -0.377 e. The topological polar surface area (TPSA) is 92.9 Å². The molecule has 1 aliphatic heterocycles. The van der Waals surface area contributed by atoms with Crippen LogP contribution in [0.3, 0.4) is 0 Å². The van der Waals surface area contributed by atoms with Crippen molar-refractivity contribution >= 4 is 17.8 Å². The first kappa shape index (κ1) is 13.6. The molecule has 7 nitrogen and oxygen atoms in total. The van der Waals surface area contributed by atoms with E-state index in [2.05, 4.69) is 0 Å². The van der Waals surface area contributed by atoms with Crippen LogP contribution in [-0.4, -0.2) is 60.5 Å². The van der Waals surface area contributed by atoms with Crippen molar-refractivity contribution < 1.29 is 19.1 Å². The first-order valence-electron chi connectivity index (χ1n) is 5.48. The number of hydrogen-bond donors (Lipinski definition) is 1. The molecule has 1 atom stereocenters. The number of carbonyl (C=O) groups excluding carboxylic acids is 3. The van der Waals surface area contributed by atoms with Crippen molar-refractivity contribution in [3.05, 3.63) is 0 Å². The smallest absolute Gasteiger partial charge is 0.333 e. The molecule has 0 aromatic rings. The molecule has 1 aliphatic rings. The third-order valence-corrected chi connectivity index (χ3v) is 2.59. The van der Waals surface area contributed by atoms with Crippen molar-refractivity contribution in [1.82, 2.24) is 9.80 Å². The number of urea groups is 1. The SMILES string of the molecule is CCOC(CN)CCN1C(=O)C(=O)N(C)C1=O. The van der Waals surface area contributed by atoms with E-state index in [9.17, 15) is 14.4 Å². The van der Waals surface area contributed by atoms with Crippen molar-refractivity contribution in [3.63, 3.8) is 0 Å². The number of nitrogens with zero attached hydrogens (tertiary/aromatic N) is 2. The molecule has 0 aromatic heterocycles. The predicted octanol–water partition coefficient (Wildman–Crippen LogP) is -0.839. The highest BCUT2D eigenvalue weighted by Crippen LogP contribution is 2.11. The van der Waals surface area contributed by atoms with Crippen LogP contribution in [0.25, 0.3) is 0 Å². The molecular weight excluding hydrogens is 226 g/mol. The van der Waals surface area contributed by atoms with E-state index < -0.39 is 17.8 Å². The van der Waals surface area contributed by atoms with Gasteiger partial charge < -0.3 is 10.5 Å². The van der Waals surface area contributed by atoms with Gasteiger partial charge in [-0.2, -0.15) is 0 Å². The van der Waals surface area contributed by atoms with Crippen molar-refractivity contribution in [2.45, 2.75) is 19.4 Å². The van der Waals surface area contributed by atoms with E-state index in [4.69, 9.17) is 10.5 Å². The second-order valence-corrected chi connectivity index (χ2v) is 3.71. The Hall–Kier alpha value is -1.47. The first-order valence-corrected chi connectivity index (χ1v) is 5.48. The summed E-state index contributed by atoms with van der Waals surface area (Å²) in [4.78, 5) is 35.9. The fourth-order valence-electron chi connectivity index (χ4n) is 1.59. The van der Waals surface area contributed by atoms with Gasteiger partial charge in [-0.3, -0.25) is 19.4 Å². The van der Waals surface area contributed by atoms with Crippen molar-refractivity contribution in [2.75, 3.05) is 26.7 Å². The summed E-state index contributed by atoms with van der Waals surface area (Å²) < 4.78 is 5.30. The third kappa shape index (κ3) is 2.80. The molecule has 0 spiro atoms. The van der Waals surface area contributed by atoms with Gasteiger partial charge in [-0.1, -0.05) is 0 Å². The van der Waals surface area contributed by atoms with Crippen molar-refractivity contribution in [1.29, 1.82) is 0 Å². The van der Waals surface area contributed by atoms with Crippen LogP contribution in [0.2, 0.25) is 0 Å². The molecule has 1 heterocycles. The molecule has 0 saturated carbocycles. The Morgan fingerprint density at radius 1 is 1.29 bits per heavy atom. The zero-order valence-corrected chi connectivity index (χ0v) is 10.0. The van der Waals surface area contributed by atoms with Crippen LogP contribution in [-0.2, 0) is 14.3 Å². The number of carbonyl (C=O) groups is 3. The molecule has 1 saturated heterocycles. The monoisotopic (exact) mass is 243 g/mol. The molecule has 1 fully saturated rings. The highest BCUT2D eigenvalue weighted by molar-refractivity contribution is 6.44. The summed E-state index contributed by atoms with van der Waals surface area (Å²) in [5.74, 6) is -1.58. The standard InChI is InChI=1S/C10H17N3O4/c1-3-17-7(6-11)4-5-13-9(15)8(14)12(2)10(13)16/h7H,3-6,11H2,1-2H3. The van der Waals surface area contributed by atoms with E-state index >= 15 is 0 Å². The van der Waals surface area contributed by atoms with Crippen LogP contribution in [0.4, 0.5) is 4.79 Å². The maximum absolute atomic E-state index is 11.5. The van der Waals surface area contributed by atoms with Gasteiger partial charge in [0.05, 0.1) is 6.10 Å². The van der Waals surface area contributed by atoms with Crippen LogP contribution < -0.4 is 5.73 Å². The van der Waals surface area contributed by atoms with E-state index in [0.717, 1.165) is 9.80 Å². The van der Waals surface area contributed by atoms with Gasteiger partial charge in [0, 0.05) is 26.7 Å². The zero-order valence-electron chi connectivity index (χ0n) is 10.0. The highest BCUT2D eigenvalue weighted by Gasteiger charge is 2.41. The van der Waals surface area contributed by atoms with E-state index in [1.165, 1.54) is 7.05 Å². The molecule has 0 aliphatic carbocycles. The summed E-state index contributed by atoms with van der Waals surface area (Å²) in [6.45, 7) is 2.82. The summed E-state index contributed by atoms with van der Waals surface area (Å²) in [5, 5.41) is 0. The molecular formula is C10H17N3O4. The van der Waals surface area contributed by atoms with Crippen molar-refractivity contribution in [3.8, 4) is 0 Å². The third-order valence-electron chi connectivity index (χ3n) is 2.59. The van der Waals surface area contributed by atoms with Gasteiger partial charge in [0.1, 0.15) is 0 Å². The number of nitrogens with two attached hydrogens (primary N) is 1. The zero-order chi connectivity index (χ0) is 13.0. The Morgan fingerprint density at radius 3 is 2.35 bits per heavy atom. The molecule has 1 unspecified atom stereocenters. The summed E-state index contributed by atoms with van der Waals surface area (Å²) >= 11 is 0. The predicted molar refractivity (Wildman–Crippen MR) is 59.0 cm³/mol. The Kier molecular flexibility index (Phi) is 4.59. The molecule has 17 heavy (non-hydrogen) atoms. The Morgan fingerprint density at radius 2 is 1.94 bits per heavy atom. The van der Waals surface area contributed by atoms with Gasteiger partial charge in [0.25, 0.3) is 0 Å². The minimum atomic E-state index is -0.796. The minimum absolute atomic E-state index is 0.148. The summed E-state index contributed by atoms with van der Waals surface area (Å²) in [6.07, 6.45) is 0.227. The van der Waals surface area contributed by atoms with E-state index in [-0.39, 0.29) is 12.6 Å². The van der Waals surface area contributed by atoms with Gasteiger partial charge in [-0.15, -0.1) is 0 Å². The second-order valence-electron chi connectivity index (χ2n) is 3.71. The van der Waals surface area contributed by atoms with Crippen molar-refractivity contribution in [2.24, 2.45) is 5.73 Å². The maximum Gasteiger partial charge on any atom is 0.333 e. The van der Waals surface area contributed by atoms with E-state index in [1.54, 1.807) is 0 Å². The number of likely N-dealkylation sites (N-methyl/N-ethyl adjacent to an activating group) is 1. The summed E-state index contributed by atoms with van der Waals surface area (Å²) in [6, 6.07) is -0.590. The lowest BCUT2D eigenvalue weighted by Crippen LogP contribution is -2.36. The summed E-state index contributed by atoms with van der Waals surface area (Å²) in [5.41, 5.74) is 5.48. The quantitative estimate of drug-likeness (QED) is 0.485. The molecule has 4 amide bonds. The normalized spacial score (nSPS) is 18.2. The number of imide groups is 2. The van der Waals surface area contributed by atoms with Crippen LogP contribution in [0.1, 0.15) is 13.3 Å². The lowest BCUT2D eigenvalue weighted by molar-refractivity contribution is -0.143. The van der Waals surface area contributed by atoms with Gasteiger partial charge in [0.2, 0.25) is 0 Å². The average molecular weight is 243 g/mol. The molecule has 0 radical (unpaired) electrons. The molecule has 2 N–H and O–H groups in total. The van der Waals surface area contributed by atoms with Gasteiger partial charge in [-0.05, 0) is 13.3 Å². The maximum atomic E-state index is 11.5. The number of hydrogen-bond acceptors (Lipinski definition) is 5. The lowest BCUT2D eigenvalue weighted by Gasteiger charge is -2.18. The van der Waals surface area contributed by atoms with Crippen LogP contribution in [0.5, 0.6) is 0 Å². The number of amides is 4. The lowest BCUT2D eigenvalue weighted by atomic mass is 10.2. The molecule has 0 bridgehead atoms. The Balaban J connectivity index is 2.54. The molecule has 0 aromatic carbocycles. The first-order chi connectivity index (χ1) is 8.02.